The molecule has 0 bridgehead atoms. The van der Waals surface area contributed by atoms with E-state index in [9.17, 15) is 8.78 Å². The minimum atomic E-state index is -0.544. The maximum atomic E-state index is 13.4. The predicted octanol–water partition coefficient (Wildman–Crippen LogP) is 5.28. The van der Waals surface area contributed by atoms with Gasteiger partial charge in [0.15, 0.2) is 5.79 Å². The molecule has 26 heavy (non-hydrogen) atoms. The van der Waals surface area contributed by atoms with Gasteiger partial charge in [0, 0.05) is 18.9 Å². The Bertz CT molecular complexity index is 775. The molecule has 0 amide bonds. The molecule has 0 N–H and O–H groups in total. The van der Waals surface area contributed by atoms with E-state index in [0.29, 0.717) is 23.3 Å². The molecule has 1 spiro atoms. The Hall–Kier alpha value is -1.78. The van der Waals surface area contributed by atoms with Gasteiger partial charge in [0.05, 0.1) is 13.2 Å². The van der Waals surface area contributed by atoms with Gasteiger partial charge >= 0.3 is 0 Å². The van der Waals surface area contributed by atoms with E-state index in [4.69, 9.17) is 9.47 Å². The number of halogens is 2. The minimum Gasteiger partial charge on any atom is -0.348 e. The summed E-state index contributed by atoms with van der Waals surface area (Å²) in [4.78, 5) is 0. The molecule has 2 aromatic rings. The molecular weight excluding hydrogens is 334 g/mol. The van der Waals surface area contributed by atoms with Crippen molar-refractivity contribution in [2.24, 2.45) is 11.8 Å². The summed E-state index contributed by atoms with van der Waals surface area (Å²) in [6.07, 6.45) is 4.39. The van der Waals surface area contributed by atoms with Gasteiger partial charge in [0.1, 0.15) is 11.6 Å². The summed E-state index contributed by atoms with van der Waals surface area (Å²) < 4.78 is 38.6. The van der Waals surface area contributed by atoms with Gasteiger partial charge < -0.3 is 9.47 Å². The van der Waals surface area contributed by atoms with Crippen molar-refractivity contribution in [1.29, 1.82) is 0 Å². The van der Waals surface area contributed by atoms with E-state index in [2.05, 4.69) is 12.1 Å². The summed E-state index contributed by atoms with van der Waals surface area (Å²) in [5, 5.41) is 0. The highest BCUT2D eigenvalue weighted by molar-refractivity contribution is 5.64. The maximum Gasteiger partial charge on any atom is 0.169 e. The molecule has 1 heterocycles. The van der Waals surface area contributed by atoms with Gasteiger partial charge in [-0.2, -0.15) is 0 Å². The summed E-state index contributed by atoms with van der Waals surface area (Å²) in [6, 6.07) is 11.8. The Labute approximate surface area is 152 Å². The van der Waals surface area contributed by atoms with Crippen LogP contribution in [0.15, 0.2) is 42.5 Å². The van der Waals surface area contributed by atoms with Crippen molar-refractivity contribution in [3.05, 3.63) is 59.7 Å². The van der Waals surface area contributed by atoms with Crippen LogP contribution in [0.25, 0.3) is 11.1 Å². The fourth-order valence-corrected chi connectivity index (χ4v) is 5.27. The fourth-order valence-electron chi connectivity index (χ4n) is 5.27. The van der Waals surface area contributed by atoms with Crippen LogP contribution in [0.4, 0.5) is 8.78 Å². The second-order valence-electron chi connectivity index (χ2n) is 7.98. The lowest BCUT2D eigenvalue weighted by Crippen LogP contribution is -2.27. The summed E-state index contributed by atoms with van der Waals surface area (Å²) >= 11 is 0. The third-order valence-corrected chi connectivity index (χ3v) is 6.38. The molecular formula is C22H22F2O2. The van der Waals surface area contributed by atoms with Gasteiger partial charge in [-0.25, -0.2) is 8.78 Å². The highest BCUT2D eigenvalue weighted by atomic mass is 19.1. The molecule has 2 unspecified atom stereocenters. The first kappa shape index (κ1) is 16.4. The molecule has 2 saturated carbocycles. The summed E-state index contributed by atoms with van der Waals surface area (Å²) in [7, 11) is 0. The highest BCUT2D eigenvalue weighted by Gasteiger charge is 2.52. The van der Waals surface area contributed by atoms with E-state index in [0.717, 1.165) is 37.7 Å². The van der Waals surface area contributed by atoms with Crippen molar-refractivity contribution in [2.45, 2.75) is 37.4 Å². The zero-order chi connectivity index (χ0) is 17.7. The normalized spacial score (nSPS) is 29.4. The SMILES string of the molecule is Fc1cc(F)cc(-c2ccc(C3CC4CC5(CC4C3)OCCO5)cc2)c1. The van der Waals surface area contributed by atoms with Gasteiger partial charge in [-0.05, 0) is 59.4 Å². The average molecular weight is 356 g/mol. The Kier molecular flexibility index (Phi) is 3.87. The smallest absolute Gasteiger partial charge is 0.169 e. The predicted molar refractivity (Wildman–Crippen MR) is 94.6 cm³/mol. The fraction of sp³-hybridized carbons (Fsp3) is 0.455. The molecule has 136 valence electrons. The largest absolute Gasteiger partial charge is 0.348 e. The molecule has 3 fully saturated rings. The van der Waals surface area contributed by atoms with Crippen molar-refractivity contribution in [2.75, 3.05) is 13.2 Å². The van der Waals surface area contributed by atoms with E-state index in [1.165, 1.54) is 30.5 Å². The molecule has 0 radical (unpaired) electrons. The van der Waals surface area contributed by atoms with Crippen LogP contribution in [0.3, 0.4) is 0 Å². The maximum absolute atomic E-state index is 13.4. The lowest BCUT2D eigenvalue weighted by atomic mass is 9.92. The summed E-state index contributed by atoms with van der Waals surface area (Å²) in [5.74, 6) is 0.536. The number of fused-ring (bicyclic) bond motifs is 1. The van der Waals surface area contributed by atoms with Crippen molar-refractivity contribution in [1.82, 2.24) is 0 Å². The number of benzene rings is 2. The van der Waals surface area contributed by atoms with Crippen LogP contribution in [0, 0.1) is 23.5 Å². The first-order chi connectivity index (χ1) is 12.6. The number of rotatable bonds is 2. The Balaban J connectivity index is 1.30. The summed E-state index contributed by atoms with van der Waals surface area (Å²) in [6.45, 7) is 1.45. The van der Waals surface area contributed by atoms with Crippen molar-refractivity contribution in [3.8, 4) is 11.1 Å². The molecule has 2 aromatic carbocycles. The van der Waals surface area contributed by atoms with Crippen LogP contribution in [-0.2, 0) is 9.47 Å². The summed E-state index contributed by atoms with van der Waals surface area (Å²) in [5.41, 5.74) is 2.74. The second kappa shape index (κ2) is 6.14. The molecule has 3 aliphatic rings. The van der Waals surface area contributed by atoms with Gasteiger partial charge in [-0.3, -0.25) is 0 Å². The Morgan fingerprint density at radius 1 is 0.769 bits per heavy atom. The quantitative estimate of drug-likeness (QED) is 0.729. The molecule has 1 saturated heterocycles. The van der Waals surface area contributed by atoms with Crippen LogP contribution in [-0.4, -0.2) is 19.0 Å². The van der Waals surface area contributed by atoms with Gasteiger partial charge in [0.25, 0.3) is 0 Å². The Morgan fingerprint density at radius 2 is 1.35 bits per heavy atom. The van der Waals surface area contributed by atoms with E-state index in [1.54, 1.807) is 0 Å². The van der Waals surface area contributed by atoms with Crippen LogP contribution in [0.1, 0.15) is 37.2 Å². The highest BCUT2D eigenvalue weighted by Crippen LogP contribution is 2.56. The molecule has 1 aliphatic heterocycles. The Morgan fingerprint density at radius 3 is 1.92 bits per heavy atom. The minimum absolute atomic E-state index is 0.286. The van der Waals surface area contributed by atoms with Crippen LogP contribution < -0.4 is 0 Å². The zero-order valence-electron chi connectivity index (χ0n) is 14.6. The average Bonchev–Trinajstić information content (AvgIpc) is 3.30. The number of ether oxygens (including phenoxy) is 2. The first-order valence-electron chi connectivity index (χ1n) is 9.45. The third kappa shape index (κ3) is 2.85. The second-order valence-corrected chi connectivity index (χ2v) is 7.98. The lowest BCUT2D eigenvalue weighted by molar-refractivity contribution is -0.155. The molecule has 4 heteroatoms. The van der Waals surface area contributed by atoms with Crippen LogP contribution in [0.5, 0.6) is 0 Å². The molecule has 2 atom stereocenters. The molecule has 2 aliphatic carbocycles. The lowest BCUT2D eigenvalue weighted by Gasteiger charge is -2.23. The topological polar surface area (TPSA) is 18.5 Å². The third-order valence-electron chi connectivity index (χ3n) is 6.38. The number of hydrogen-bond donors (Lipinski definition) is 0. The molecule has 0 aromatic heterocycles. The van der Waals surface area contributed by atoms with Crippen molar-refractivity contribution < 1.29 is 18.3 Å². The van der Waals surface area contributed by atoms with Crippen molar-refractivity contribution in [3.63, 3.8) is 0 Å². The van der Waals surface area contributed by atoms with Gasteiger partial charge in [-0.15, -0.1) is 0 Å². The molecule has 2 nitrogen and oxygen atoms in total. The standard InChI is InChI=1S/C22H22F2O2/c23-20-9-17(10-21(24)11-20)15-3-1-14(2-4-15)16-7-18-12-22(13-19(18)8-16)25-5-6-26-22/h1-4,9-11,16,18-19H,5-8,12-13H2. The van der Waals surface area contributed by atoms with E-state index in [1.807, 2.05) is 12.1 Å². The number of hydrogen-bond acceptors (Lipinski definition) is 2. The van der Waals surface area contributed by atoms with Gasteiger partial charge in [-0.1, -0.05) is 24.3 Å². The van der Waals surface area contributed by atoms with Crippen molar-refractivity contribution >= 4 is 0 Å². The van der Waals surface area contributed by atoms with Crippen LogP contribution in [0.2, 0.25) is 0 Å². The van der Waals surface area contributed by atoms with E-state index >= 15 is 0 Å². The van der Waals surface area contributed by atoms with Gasteiger partial charge in [0.2, 0.25) is 0 Å². The molecule has 5 rings (SSSR count). The van der Waals surface area contributed by atoms with Crippen LogP contribution >= 0.6 is 0 Å². The first-order valence-corrected chi connectivity index (χ1v) is 9.45. The van der Waals surface area contributed by atoms with E-state index < -0.39 is 11.6 Å². The zero-order valence-corrected chi connectivity index (χ0v) is 14.6. The van der Waals surface area contributed by atoms with E-state index in [-0.39, 0.29) is 5.79 Å². The monoisotopic (exact) mass is 356 g/mol.